The fourth-order valence-corrected chi connectivity index (χ4v) is 4.43. The largest absolute Gasteiger partial charge is 0.481 e. The van der Waals surface area contributed by atoms with Crippen molar-refractivity contribution in [1.29, 1.82) is 0 Å². The quantitative estimate of drug-likeness (QED) is 0.261. The first-order valence-electron chi connectivity index (χ1n) is 11.6. The topological polar surface area (TPSA) is 71.3 Å². The van der Waals surface area contributed by atoms with Crippen LogP contribution in [0.4, 0.5) is 0 Å². The number of aromatic nitrogens is 1. The van der Waals surface area contributed by atoms with Crippen molar-refractivity contribution in [3.8, 4) is 0 Å². The number of carboxylic acid groups (broad SMARTS) is 1. The van der Waals surface area contributed by atoms with Gasteiger partial charge in [-0.3, -0.25) is 9.59 Å². The van der Waals surface area contributed by atoms with Crippen LogP contribution in [0.3, 0.4) is 0 Å². The molecule has 3 aromatic rings. The lowest BCUT2D eigenvalue weighted by Crippen LogP contribution is -2.20. The first-order valence-corrected chi connectivity index (χ1v) is 11.6. The molecule has 0 saturated carbocycles. The third-order valence-corrected chi connectivity index (χ3v) is 6.08. The molecule has 1 aromatic heterocycles. The molecule has 0 saturated heterocycles. The molecule has 0 fully saturated rings. The van der Waals surface area contributed by atoms with Gasteiger partial charge < -0.3 is 15.0 Å². The summed E-state index contributed by atoms with van der Waals surface area (Å²) in [6, 6.07) is 21.8. The highest BCUT2D eigenvalue weighted by Crippen LogP contribution is 2.29. The van der Waals surface area contributed by atoms with Crippen molar-refractivity contribution in [3.63, 3.8) is 0 Å². The van der Waals surface area contributed by atoms with Gasteiger partial charge in [0.25, 0.3) is 0 Å². The van der Waals surface area contributed by atoms with E-state index in [-0.39, 0.29) is 12.2 Å². The zero-order valence-corrected chi connectivity index (χ0v) is 18.8. The number of allylic oxidation sites excluding steroid dienone is 1. The monoisotopic (exact) mass is 442 g/mol. The molecule has 5 nitrogen and oxygen atoms in total. The Morgan fingerprint density at radius 1 is 0.970 bits per heavy atom. The molecule has 2 aromatic carbocycles. The lowest BCUT2D eigenvalue weighted by molar-refractivity contribution is -0.137. The molecule has 0 atom stereocenters. The molecule has 1 aliphatic carbocycles. The van der Waals surface area contributed by atoms with Gasteiger partial charge in [-0.2, -0.15) is 0 Å². The van der Waals surface area contributed by atoms with Gasteiger partial charge in [-0.1, -0.05) is 60.7 Å². The number of nitrogens with one attached hydrogen (secondary N) is 1. The molecule has 0 spiro atoms. The fourth-order valence-electron chi connectivity index (χ4n) is 4.43. The first kappa shape index (κ1) is 22.6. The molecule has 0 radical (unpaired) electrons. The summed E-state index contributed by atoms with van der Waals surface area (Å²) >= 11 is 0. The van der Waals surface area contributed by atoms with Crippen LogP contribution in [0.5, 0.6) is 0 Å². The molecular formula is C28H30N2O3. The normalized spacial score (nSPS) is 13.4. The van der Waals surface area contributed by atoms with E-state index in [1.54, 1.807) is 6.08 Å². The number of carbonyl (C=O) groups excluding carboxylic acids is 1. The molecule has 170 valence electrons. The van der Waals surface area contributed by atoms with Gasteiger partial charge in [0.05, 0.1) is 11.4 Å². The predicted molar refractivity (Wildman–Crippen MR) is 130 cm³/mol. The molecule has 5 heteroatoms. The number of carbonyl (C=O) groups is 2. The second-order valence-electron chi connectivity index (χ2n) is 8.49. The number of aryl methyl sites for hydroxylation is 1. The molecule has 1 aliphatic rings. The number of aliphatic carboxylic acids is 1. The van der Waals surface area contributed by atoms with E-state index < -0.39 is 5.97 Å². The predicted octanol–water partition coefficient (Wildman–Crippen LogP) is 5.09. The third-order valence-electron chi connectivity index (χ3n) is 6.08. The van der Waals surface area contributed by atoms with Crippen LogP contribution in [-0.2, 0) is 24.2 Å². The number of hydrogen-bond donors (Lipinski definition) is 2. The van der Waals surface area contributed by atoms with E-state index in [1.807, 2.05) is 48.5 Å². The summed E-state index contributed by atoms with van der Waals surface area (Å²) < 4.78 is 2.33. The maximum Gasteiger partial charge on any atom is 0.303 e. The summed E-state index contributed by atoms with van der Waals surface area (Å²) in [5.41, 5.74) is 6.27. The van der Waals surface area contributed by atoms with Crippen molar-refractivity contribution in [1.82, 2.24) is 9.88 Å². The van der Waals surface area contributed by atoms with Gasteiger partial charge in [0, 0.05) is 36.8 Å². The Hall–Kier alpha value is -3.60. The van der Waals surface area contributed by atoms with Crippen molar-refractivity contribution < 1.29 is 14.7 Å². The molecule has 1 heterocycles. The van der Waals surface area contributed by atoms with Crippen molar-refractivity contribution in [2.75, 3.05) is 6.54 Å². The number of ketones is 1. The van der Waals surface area contributed by atoms with Crippen molar-refractivity contribution in [2.24, 2.45) is 0 Å². The van der Waals surface area contributed by atoms with Crippen LogP contribution in [0.2, 0.25) is 0 Å². The van der Waals surface area contributed by atoms with Crippen molar-refractivity contribution >= 4 is 17.4 Å². The molecule has 4 rings (SSSR count). The van der Waals surface area contributed by atoms with Gasteiger partial charge in [-0.15, -0.1) is 0 Å². The van der Waals surface area contributed by atoms with E-state index in [9.17, 15) is 9.59 Å². The minimum Gasteiger partial charge on any atom is -0.481 e. The lowest BCUT2D eigenvalue weighted by Gasteiger charge is -2.19. The molecule has 0 bridgehead atoms. The Labute approximate surface area is 194 Å². The number of nitrogens with zero attached hydrogens (tertiary/aromatic N) is 1. The number of carboxylic acids is 1. The van der Waals surface area contributed by atoms with Crippen molar-refractivity contribution in [2.45, 2.75) is 45.1 Å². The third kappa shape index (κ3) is 5.80. The van der Waals surface area contributed by atoms with Crippen LogP contribution in [0, 0.1) is 0 Å². The number of hydrogen-bond acceptors (Lipinski definition) is 3. The number of rotatable bonds is 10. The van der Waals surface area contributed by atoms with Crippen LogP contribution in [0.25, 0.3) is 5.70 Å². The SMILES string of the molecule is O=C(O)CCCN/C(=C\C(=O)c1ccccc1)c1cc2c(n1Cc1ccccc1)CCCC2. The lowest BCUT2D eigenvalue weighted by atomic mass is 9.98. The summed E-state index contributed by atoms with van der Waals surface area (Å²) in [4.78, 5) is 24.0. The zero-order chi connectivity index (χ0) is 23.0. The van der Waals surface area contributed by atoms with Gasteiger partial charge in [0.15, 0.2) is 5.78 Å². The fraction of sp³-hybridized carbons (Fsp3) is 0.286. The average molecular weight is 443 g/mol. The maximum atomic E-state index is 13.1. The van der Waals surface area contributed by atoms with Crippen molar-refractivity contribution in [3.05, 3.63) is 101 Å². The molecule has 0 aliphatic heterocycles. The van der Waals surface area contributed by atoms with Crippen LogP contribution < -0.4 is 5.32 Å². The molecule has 0 unspecified atom stereocenters. The summed E-state index contributed by atoms with van der Waals surface area (Å²) in [6.07, 6.45) is 6.66. The van der Waals surface area contributed by atoms with Crippen LogP contribution in [-0.4, -0.2) is 28.0 Å². The van der Waals surface area contributed by atoms with Crippen LogP contribution in [0.15, 0.2) is 72.8 Å². The Kier molecular flexibility index (Phi) is 7.40. The molecule has 33 heavy (non-hydrogen) atoms. The highest BCUT2D eigenvalue weighted by Gasteiger charge is 2.21. The zero-order valence-electron chi connectivity index (χ0n) is 18.8. The average Bonchev–Trinajstić information content (AvgIpc) is 3.20. The standard InChI is InChI=1S/C28H30N2O3/c31-27(22-12-5-2-6-13-22)19-24(29-17-9-16-28(32)33)26-18-23-14-7-8-15-25(23)30(26)20-21-10-3-1-4-11-21/h1-6,10-13,18-19,29H,7-9,14-17,20H2,(H,32,33)/b24-19-. The second kappa shape index (κ2) is 10.8. The minimum atomic E-state index is -0.814. The van der Waals surface area contributed by atoms with Crippen LogP contribution in [0.1, 0.15) is 58.6 Å². The van der Waals surface area contributed by atoms with E-state index in [0.717, 1.165) is 30.8 Å². The molecule has 2 N–H and O–H groups in total. The minimum absolute atomic E-state index is 0.0678. The summed E-state index contributed by atoms with van der Waals surface area (Å²) in [5.74, 6) is -0.882. The first-order chi connectivity index (χ1) is 16.1. The Morgan fingerprint density at radius 2 is 1.67 bits per heavy atom. The number of benzene rings is 2. The Bertz CT molecular complexity index is 1130. The van der Waals surface area contributed by atoms with E-state index in [0.29, 0.717) is 18.5 Å². The Morgan fingerprint density at radius 3 is 2.39 bits per heavy atom. The van der Waals surface area contributed by atoms with Gasteiger partial charge in [-0.05, 0) is 49.3 Å². The molecule has 0 amide bonds. The highest BCUT2D eigenvalue weighted by molar-refractivity contribution is 6.08. The van der Waals surface area contributed by atoms with Gasteiger partial charge in [-0.25, -0.2) is 0 Å². The summed E-state index contributed by atoms with van der Waals surface area (Å²) in [6.45, 7) is 1.22. The van der Waals surface area contributed by atoms with E-state index in [1.165, 1.54) is 29.7 Å². The van der Waals surface area contributed by atoms with E-state index in [4.69, 9.17) is 5.11 Å². The van der Waals surface area contributed by atoms with E-state index >= 15 is 0 Å². The van der Waals surface area contributed by atoms with Gasteiger partial charge >= 0.3 is 5.97 Å². The van der Waals surface area contributed by atoms with Gasteiger partial charge in [0.1, 0.15) is 0 Å². The Balaban J connectivity index is 1.71. The smallest absolute Gasteiger partial charge is 0.303 e. The van der Waals surface area contributed by atoms with Gasteiger partial charge in [0.2, 0.25) is 0 Å². The summed E-state index contributed by atoms with van der Waals surface area (Å²) in [7, 11) is 0. The maximum absolute atomic E-state index is 13.1. The molecular weight excluding hydrogens is 412 g/mol. The van der Waals surface area contributed by atoms with E-state index in [2.05, 4.69) is 28.1 Å². The second-order valence-corrected chi connectivity index (χ2v) is 8.49. The summed E-state index contributed by atoms with van der Waals surface area (Å²) in [5, 5.41) is 12.4. The highest BCUT2D eigenvalue weighted by atomic mass is 16.4. The van der Waals surface area contributed by atoms with Crippen LogP contribution >= 0.6 is 0 Å². The number of fused-ring (bicyclic) bond motifs is 1.